The Bertz CT molecular complexity index is 711. The summed E-state index contributed by atoms with van der Waals surface area (Å²) in [5.74, 6) is 0. The number of unbranched alkanes of at least 4 members (excludes halogenated alkanes) is 2. The predicted molar refractivity (Wildman–Crippen MR) is 113 cm³/mol. The van der Waals surface area contributed by atoms with E-state index in [0.717, 1.165) is 29.7 Å². The Kier molecular flexibility index (Phi) is 10.2. The molecule has 134 valence electrons. The zero-order valence-electron chi connectivity index (χ0n) is 16.0. The minimum Gasteiger partial charge on any atom is -0.331 e. The van der Waals surface area contributed by atoms with Crippen LogP contribution in [0.3, 0.4) is 0 Å². The maximum absolute atomic E-state index is 4.85. The van der Waals surface area contributed by atoms with Crippen LogP contribution in [-0.2, 0) is 6.42 Å². The molecular formula is C23H32N2. The molecule has 0 amide bonds. The number of pyridine rings is 1. The van der Waals surface area contributed by atoms with Gasteiger partial charge >= 0.3 is 0 Å². The van der Waals surface area contributed by atoms with Gasteiger partial charge in [-0.05, 0) is 49.6 Å². The van der Waals surface area contributed by atoms with Crippen molar-refractivity contribution >= 4 is 16.5 Å². The van der Waals surface area contributed by atoms with Crippen LogP contribution in [0.2, 0.25) is 0 Å². The van der Waals surface area contributed by atoms with E-state index in [2.05, 4.69) is 37.8 Å². The van der Waals surface area contributed by atoms with Gasteiger partial charge in [0.2, 0.25) is 0 Å². The first-order chi connectivity index (χ1) is 12.2. The van der Waals surface area contributed by atoms with E-state index in [1.54, 1.807) is 0 Å². The Morgan fingerprint density at radius 2 is 1.88 bits per heavy atom. The lowest BCUT2D eigenvalue weighted by atomic mass is 10.00. The number of nitrogens with zero attached hydrogens (tertiary/aromatic N) is 1. The fraction of sp³-hybridized carbons (Fsp3) is 0.348. The Labute approximate surface area is 153 Å². The molecule has 0 aliphatic heterocycles. The topological polar surface area (TPSA) is 38.9 Å². The van der Waals surface area contributed by atoms with Gasteiger partial charge in [0, 0.05) is 5.39 Å². The quantitative estimate of drug-likeness (QED) is 0.491. The van der Waals surface area contributed by atoms with Crippen molar-refractivity contribution in [1.29, 1.82) is 0 Å². The number of benzene rings is 1. The number of aromatic nitrogens is 1. The minimum atomic E-state index is 0.750. The summed E-state index contributed by atoms with van der Waals surface area (Å²) in [5, 5.41) is 1.27. The maximum atomic E-state index is 4.85. The van der Waals surface area contributed by atoms with Crippen molar-refractivity contribution in [1.82, 2.24) is 4.98 Å². The number of rotatable bonds is 7. The zero-order chi connectivity index (χ0) is 18.5. The van der Waals surface area contributed by atoms with E-state index in [4.69, 9.17) is 10.7 Å². The molecule has 1 aromatic carbocycles. The molecule has 2 aromatic rings. The number of aryl methyl sites for hydroxylation is 1. The van der Waals surface area contributed by atoms with Crippen molar-refractivity contribution in [3.05, 3.63) is 72.5 Å². The normalized spacial score (nSPS) is 11.0. The largest absolute Gasteiger partial charge is 0.331 e. The fourth-order valence-corrected chi connectivity index (χ4v) is 2.55. The number of hydrogen-bond donors (Lipinski definition) is 1. The van der Waals surface area contributed by atoms with Crippen LogP contribution in [0.5, 0.6) is 0 Å². The van der Waals surface area contributed by atoms with Crippen molar-refractivity contribution in [2.24, 2.45) is 5.73 Å². The van der Waals surface area contributed by atoms with Gasteiger partial charge in [0.1, 0.15) is 0 Å². The van der Waals surface area contributed by atoms with E-state index in [9.17, 15) is 0 Å². The standard InChI is InChI=1S/C21H25N.C2H7N/c1-4-6-8-12-17(3)21-16-18(13-9-7-5-2)19-14-10-11-15-20(19)22-21;1-2-3/h4,6,8,10-12,14-16H,3,5,7,9,13H2,1-2H3;2-3H2,1H3/b6-4-,12-8-;. The van der Waals surface area contributed by atoms with Crippen molar-refractivity contribution in [3.63, 3.8) is 0 Å². The van der Waals surface area contributed by atoms with E-state index in [0.29, 0.717) is 0 Å². The summed E-state index contributed by atoms with van der Waals surface area (Å²) in [7, 11) is 0. The van der Waals surface area contributed by atoms with Gasteiger partial charge in [-0.2, -0.15) is 0 Å². The summed E-state index contributed by atoms with van der Waals surface area (Å²) in [4.78, 5) is 4.77. The Balaban J connectivity index is 0.000000970. The second kappa shape index (κ2) is 12.2. The van der Waals surface area contributed by atoms with E-state index in [-0.39, 0.29) is 0 Å². The second-order valence-corrected chi connectivity index (χ2v) is 5.96. The van der Waals surface area contributed by atoms with Crippen LogP contribution in [0.15, 0.2) is 61.2 Å². The summed E-state index contributed by atoms with van der Waals surface area (Å²) in [5.41, 5.74) is 9.23. The fourth-order valence-electron chi connectivity index (χ4n) is 2.55. The second-order valence-electron chi connectivity index (χ2n) is 5.96. The molecule has 0 aliphatic rings. The monoisotopic (exact) mass is 336 g/mol. The number of hydrogen-bond acceptors (Lipinski definition) is 2. The van der Waals surface area contributed by atoms with E-state index in [1.807, 2.05) is 44.2 Å². The third kappa shape index (κ3) is 7.06. The summed E-state index contributed by atoms with van der Waals surface area (Å²) in [6, 6.07) is 10.6. The summed E-state index contributed by atoms with van der Waals surface area (Å²) >= 11 is 0. The molecule has 2 heteroatoms. The summed E-state index contributed by atoms with van der Waals surface area (Å²) < 4.78 is 0. The molecule has 0 fully saturated rings. The highest BCUT2D eigenvalue weighted by atomic mass is 14.7. The molecule has 0 radical (unpaired) electrons. The molecule has 2 N–H and O–H groups in total. The summed E-state index contributed by atoms with van der Waals surface area (Å²) in [6.07, 6.45) is 12.9. The zero-order valence-corrected chi connectivity index (χ0v) is 16.0. The van der Waals surface area contributed by atoms with Gasteiger partial charge in [-0.25, -0.2) is 4.98 Å². The molecule has 0 saturated carbocycles. The predicted octanol–water partition coefficient (Wildman–Crippen LogP) is 6.08. The van der Waals surface area contributed by atoms with Crippen LogP contribution < -0.4 is 5.73 Å². The van der Waals surface area contributed by atoms with Crippen LogP contribution in [0, 0.1) is 0 Å². The maximum Gasteiger partial charge on any atom is 0.0712 e. The number of allylic oxidation sites excluding steroid dienone is 5. The third-order valence-corrected chi connectivity index (χ3v) is 3.78. The molecule has 0 unspecified atom stereocenters. The first kappa shape index (κ1) is 20.9. The lowest BCUT2D eigenvalue weighted by Crippen LogP contribution is -1.95. The van der Waals surface area contributed by atoms with Gasteiger partial charge in [0.15, 0.2) is 0 Å². The average molecular weight is 337 g/mol. The van der Waals surface area contributed by atoms with Gasteiger partial charge < -0.3 is 5.73 Å². The molecule has 1 heterocycles. The molecule has 0 saturated heterocycles. The van der Waals surface area contributed by atoms with Crippen LogP contribution in [0.1, 0.15) is 51.3 Å². The first-order valence-electron chi connectivity index (χ1n) is 9.25. The molecule has 25 heavy (non-hydrogen) atoms. The van der Waals surface area contributed by atoms with E-state index >= 15 is 0 Å². The average Bonchev–Trinajstić information content (AvgIpc) is 2.62. The van der Waals surface area contributed by atoms with Gasteiger partial charge in [-0.1, -0.05) is 75.8 Å². The Hall–Kier alpha value is -2.19. The molecule has 2 nitrogen and oxygen atoms in total. The molecule has 0 aliphatic carbocycles. The molecule has 1 aromatic heterocycles. The Morgan fingerprint density at radius 3 is 2.56 bits per heavy atom. The highest BCUT2D eigenvalue weighted by Gasteiger charge is 2.06. The van der Waals surface area contributed by atoms with Gasteiger partial charge in [-0.3, -0.25) is 0 Å². The number of nitrogens with two attached hydrogens (primary N) is 1. The third-order valence-electron chi connectivity index (χ3n) is 3.78. The minimum absolute atomic E-state index is 0.750. The SMILES string of the molecule is C=C(/C=C\C=C/C)c1cc(CCCCC)c2ccccc2n1.CCN. The molecule has 0 spiro atoms. The van der Waals surface area contributed by atoms with Gasteiger partial charge in [-0.15, -0.1) is 0 Å². The van der Waals surface area contributed by atoms with Crippen LogP contribution >= 0.6 is 0 Å². The van der Waals surface area contributed by atoms with Crippen molar-refractivity contribution in [2.45, 2.75) is 46.5 Å². The first-order valence-corrected chi connectivity index (χ1v) is 9.25. The number of para-hydroxylation sites is 1. The lowest BCUT2D eigenvalue weighted by molar-refractivity contribution is 0.719. The lowest BCUT2D eigenvalue weighted by Gasteiger charge is -2.10. The molecule has 2 rings (SSSR count). The van der Waals surface area contributed by atoms with Gasteiger partial charge in [0.05, 0.1) is 11.2 Å². The molecular weight excluding hydrogens is 304 g/mol. The highest BCUT2D eigenvalue weighted by molar-refractivity contribution is 5.85. The highest BCUT2D eigenvalue weighted by Crippen LogP contribution is 2.23. The molecule has 0 atom stereocenters. The Morgan fingerprint density at radius 1 is 1.16 bits per heavy atom. The van der Waals surface area contributed by atoms with Crippen molar-refractivity contribution in [2.75, 3.05) is 6.54 Å². The summed E-state index contributed by atoms with van der Waals surface area (Å²) in [6.45, 7) is 11.1. The van der Waals surface area contributed by atoms with E-state index < -0.39 is 0 Å². The smallest absolute Gasteiger partial charge is 0.0712 e. The van der Waals surface area contributed by atoms with Crippen molar-refractivity contribution in [3.8, 4) is 0 Å². The van der Waals surface area contributed by atoms with E-state index in [1.165, 1.54) is 30.2 Å². The van der Waals surface area contributed by atoms with Crippen molar-refractivity contribution < 1.29 is 0 Å². The van der Waals surface area contributed by atoms with Crippen LogP contribution in [0.4, 0.5) is 0 Å². The molecule has 0 bridgehead atoms. The van der Waals surface area contributed by atoms with Crippen LogP contribution in [0.25, 0.3) is 16.5 Å². The number of fused-ring (bicyclic) bond motifs is 1. The van der Waals surface area contributed by atoms with Gasteiger partial charge in [0.25, 0.3) is 0 Å². The van der Waals surface area contributed by atoms with Crippen LogP contribution in [-0.4, -0.2) is 11.5 Å².